The van der Waals surface area contributed by atoms with Gasteiger partial charge in [0.25, 0.3) is 6.29 Å². The summed E-state index contributed by atoms with van der Waals surface area (Å²) in [5.74, 6) is 1.96. The molecule has 0 N–H and O–H groups in total. The summed E-state index contributed by atoms with van der Waals surface area (Å²) in [5.41, 5.74) is 0. The van der Waals surface area contributed by atoms with E-state index in [4.69, 9.17) is 4.34 Å². The second-order valence-electron chi connectivity index (χ2n) is 0.898. The highest BCUT2D eigenvalue weighted by Crippen LogP contribution is 1.69. The first kappa shape index (κ1) is 5.76. The molecule has 1 aliphatic heterocycles. The number of aldehydes is 1. The fourth-order valence-corrected chi connectivity index (χ4v) is 0.278. The molecule has 32 valence electrons. The second-order valence-corrected chi connectivity index (χ2v) is 0.898. The van der Waals surface area contributed by atoms with Gasteiger partial charge in [0, 0.05) is 12.1 Å². The maximum Gasteiger partial charge on any atom is 0.666 e. The summed E-state index contributed by atoms with van der Waals surface area (Å²) in [6.07, 6.45) is 3.57. The third kappa shape index (κ3) is 1.27. The number of halogens is 1. The van der Waals surface area contributed by atoms with Crippen LogP contribution in [-0.2, 0) is 4.34 Å². The molecule has 0 saturated carbocycles. The molecule has 0 aromatic carbocycles. The summed E-state index contributed by atoms with van der Waals surface area (Å²) in [6, 6.07) is 0. The Kier molecular flexibility index (Phi) is 2.86. The Morgan fingerprint density at radius 2 is 2.33 bits per heavy atom. The van der Waals surface area contributed by atoms with Crippen LogP contribution >= 0.6 is 0 Å². The third-order valence-electron chi connectivity index (χ3n) is 0.503. The summed E-state index contributed by atoms with van der Waals surface area (Å²) in [6.45, 7) is 0. The summed E-state index contributed by atoms with van der Waals surface area (Å²) in [5, 5.41) is 0. The first-order valence-electron chi connectivity index (χ1n) is 1.60. The first-order chi connectivity index (χ1) is 2.50. The van der Waals surface area contributed by atoms with Crippen molar-refractivity contribution in [1.29, 1.82) is 0 Å². The fraction of sp³-hybridized carbons (Fsp3) is 0. The van der Waals surface area contributed by atoms with E-state index in [1.54, 1.807) is 6.29 Å². The van der Waals surface area contributed by atoms with Gasteiger partial charge < -0.3 is 16.7 Å². The minimum Gasteiger partial charge on any atom is -1.00 e. The summed E-state index contributed by atoms with van der Waals surface area (Å²) in [4.78, 5) is 0. The van der Waals surface area contributed by atoms with Gasteiger partial charge in [-0.1, -0.05) is 0 Å². The molecular weight excluding hydrogens is 98.3 g/mol. The largest absolute Gasteiger partial charge is 1.00 e. The van der Waals surface area contributed by atoms with Gasteiger partial charge in [0.05, 0.1) is 0 Å². The minimum atomic E-state index is 0. The Morgan fingerprint density at radius 3 is 2.50 bits per heavy atom. The number of rotatable bonds is 0. The lowest BCUT2D eigenvalue weighted by atomic mass is 10.1. The van der Waals surface area contributed by atoms with Crippen LogP contribution in [0.5, 0.6) is 0 Å². The molecule has 0 amide bonds. The van der Waals surface area contributed by atoms with Gasteiger partial charge in [0.15, 0.2) is 0 Å². The monoisotopic (exact) mass is 102 g/mol. The summed E-state index contributed by atoms with van der Waals surface area (Å²) in [7, 11) is 0.764. The van der Waals surface area contributed by atoms with E-state index in [1.165, 1.54) is 0 Å². The van der Waals surface area contributed by atoms with Crippen LogP contribution in [0.2, 0.25) is 0 Å². The van der Waals surface area contributed by atoms with Crippen LogP contribution in [0.25, 0.3) is 0 Å². The van der Waals surface area contributed by atoms with Gasteiger partial charge in [-0.2, -0.15) is 0 Å². The van der Waals surface area contributed by atoms with Crippen LogP contribution in [0.4, 0.5) is 0 Å². The van der Waals surface area contributed by atoms with Crippen molar-refractivity contribution in [1.82, 2.24) is 0 Å². The lowest BCUT2D eigenvalue weighted by Crippen LogP contribution is -3.00. The maximum atomic E-state index is 4.71. The van der Waals surface area contributed by atoms with E-state index in [9.17, 15) is 0 Å². The lowest BCUT2D eigenvalue weighted by Gasteiger charge is -1.42. The highest BCUT2D eigenvalue weighted by atomic mass is 35.5. The molecule has 0 bridgehead atoms. The predicted molar refractivity (Wildman–Crippen MR) is 22.4 cm³/mol. The van der Waals surface area contributed by atoms with Crippen molar-refractivity contribution in [2.75, 3.05) is 0 Å². The van der Waals surface area contributed by atoms with Crippen LogP contribution in [-0.4, -0.2) is 13.8 Å². The van der Waals surface area contributed by atoms with Crippen molar-refractivity contribution < 1.29 is 16.7 Å². The van der Waals surface area contributed by atoms with Crippen molar-refractivity contribution in [3.05, 3.63) is 12.1 Å². The molecule has 6 heavy (non-hydrogen) atoms. The van der Waals surface area contributed by atoms with Crippen molar-refractivity contribution in [2.24, 2.45) is 0 Å². The molecule has 0 radical (unpaired) electrons. The molecule has 0 aliphatic carbocycles. The van der Waals surface area contributed by atoms with Crippen LogP contribution in [0.1, 0.15) is 0 Å². The Balaban J connectivity index is 0.000000250. The molecule has 0 aromatic heterocycles. The molecule has 0 atom stereocenters. The van der Waals surface area contributed by atoms with E-state index in [0.29, 0.717) is 0 Å². The van der Waals surface area contributed by atoms with Gasteiger partial charge in [-0.3, -0.25) is 0 Å². The Labute approximate surface area is 43.4 Å². The molecule has 1 rings (SSSR count). The Bertz CT molecular complexity index is 68.9. The van der Waals surface area contributed by atoms with Gasteiger partial charge in [-0.25, -0.2) is 0 Å². The lowest BCUT2D eigenvalue weighted by molar-refractivity contribution is -0.271. The van der Waals surface area contributed by atoms with Crippen LogP contribution < -0.4 is 12.4 Å². The molecule has 3 heteroatoms. The van der Waals surface area contributed by atoms with E-state index in [-0.39, 0.29) is 12.4 Å². The predicted octanol–water partition coefficient (Wildman–Crippen LogP) is -3.40. The van der Waals surface area contributed by atoms with Gasteiger partial charge in [0.1, 0.15) is 0 Å². The average Bonchev–Trinajstić information content (AvgIpc) is 1.76. The number of hydrogen-bond acceptors (Lipinski definition) is 0. The maximum absolute atomic E-state index is 4.71. The van der Waals surface area contributed by atoms with Gasteiger partial charge in [-0.05, 0) is 0 Å². The molecule has 0 fully saturated rings. The molecule has 1 heterocycles. The van der Waals surface area contributed by atoms with Crippen molar-refractivity contribution in [3.63, 3.8) is 0 Å². The normalized spacial score (nSPS) is 13.3. The van der Waals surface area contributed by atoms with Gasteiger partial charge in [0.2, 0.25) is 0 Å². The molecule has 1 nitrogen and oxygen atoms in total. The van der Waals surface area contributed by atoms with Crippen molar-refractivity contribution >= 4 is 13.8 Å². The highest BCUT2D eigenvalue weighted by molar-refractivity contribution is 6.34. The zero-order valence-corrected chi connectivity index (χ0v) is 3.98. The quantitative estimate of drug-likeness (QED) is 0.172. The van der Waals surface area contributed by atoms with E-state index in [2.05, 4.69) is 0 Å². The van der Waals surface area contributed by atoms with Crippen LogP contribution in [0, 0.1) is 0 Å². The van der Waals surface area contributed by atoms with Gasteiger partial charge >= 0.3 is 7.48 Å². The van der Waals surface area contributed by atoms with Crippen molar-refractivity contribution in [2.45, 2.75) is 0 Å². The smallest absolute Gasteiger partial charge is 0.666 e. The minimum absolute atomic E-state index is 0. The topological polar surface area (TPSA) is 11.3 Å². The average molecular weight is 102 g/mol. The SMILES string of the molecule is B1C=CC=[O+]1.[Cl-]. The number of allylic oxidation sites excluding steroid dienone is 1. The zero-order valence-electron chi connectivity index (χ0n) is 3.23. The number of carbonyl (C=O) groups excluding carboxylic acids is 1. The summed E-state index contributed by atoms with van der Waals surface area (Å²) < 4.78 is 4.71. The van der Waals surface area contributed by atoms with E-state index in [1.807, 2.05) is 12.1 Å². The first-order valence-corrected chi connectivity index (χ1v) is 1.60. The van der Waals surface area contributed by atoms with Crippen LogP contribution in [0.15, 0.2) is 12.1 Å². The molecule has 1 aliphatic rings. The number of hydrogen-bond donors (Lipinski definition) is 0. The standard InChI is InChI=1S/C3H4BO.ClH/c1-2-4-5-3-1;/h1-4H;1H/q+1;/p-1. The van der Waals surface area contributed by atoms with E-state index in [0.717, 1.165) is 7.48 Å². The zero-order chi connectivity index (χ0) is 3.54. The molecule has 0 saturated heterocycles. The second kappa shape index (κ2) is 2.97. The third-order valence-corrected chi connectivity index (χ3v) is 0.503. The molecular formula is C3H4BClO. The van der Waals surface area contributed by atoms with Gasteiger partial charge in [-0.15, -0.1) is 0 Å². The van der Waals surface area contributed by atoms with Crippen molar-refractivity contribution in [3.8, 4) is 0 Å². The van der Waals surface area contributed by atoms with E-state index >= 15 is 0 Å². The summed E-state index contributed by atoms with van der Waals surface area (Å²) >= 11 is 0. The highest BCUT2D eigenvalue weighted by Gasteiger charge is 1.97. The molecule has 0 unspecified atom stereocenters. The Morgan fingerprint density at radius 1 is 1.50 bits per heavy atom. The van der Waals surface area contributed by atoms with E-state index < -0.39 is 0 Å². The fourth-order valence-electron chi connectivity index (χ4n) is 0.278. The van der Waals surface area contributed by atoms with Crippen LogP contribution in [0.3, 0.4) is 0 Å². The molecule has 0 spiro atoms. The molecule has 0 aromatic rings. The Hall–Kier alpha value is -0.235.